The highest BCUT2D eigenvalue weighted by atomic mass is 79.9. The summed E-state index contributed by atoms with van der Waals surface area (Å²) in [7, 11) is 0. The molecule has 9 N–H and O–H groups in total. The van der Waals surface area contributed by atoms with Crippen LogP contribution in [0, 0.1) is 0 Å². The summed E-state index contributed by atoms with van der Waals surface area (Å²) in [6.07, 6.45) is 6.65. The molecular formula is C44H51BrN2O10S2. The van der Waals surface area contributed by atoms with Crippen LogP contribution in [0.1, 0.15) is 44.9 Å². The first-order valence-corrected chi connectivity index (χ1v) is 21.3. The van der Waals surface area contributed by atoms with E-state index in [1.54, 1.807) is 23.5 Å². The average molecular weight is 912 g/mol. The Morgan fingerprint density at radius 1 is 0.610 bits per heavy atom. The Morgan fingerprint density at radius 2 is 1.02 bits per heavy atom. The summed E-state index contributed by atoms with van der Waals surface area (Å²) in [5, 5.41) is 10.1. The molecule has 8 rings (SSSR count). The van der Waals surface area contributed by atoms with Crippen molar-refractivity contribution in [3.05, 3.63) is 187 Å². The van der Waals surface area contributed by atoms with Gasteiger partial charge in [-0.3, -0.25) is 19.4 Å². The van der Waals surface area contributed by atoms with E-state index in [2.05, 4.69) is 92.6 Å². The number of hydrogen-bond acceptors (Lipinski definition) is 10. The van der Waals surface area contributed by atoms with Crippen molar-refractivity contribution in [3.63, 3.8) is 0 Å². The van der Waals surface area contributed by atoms with Crippen LogP contribution in [-0.2, 0) is 51.2 Å². The number of alkyl halides is 1. The molecule has 0 aliphatic carbocycles. The maximum Gasteiger partial charge on any atom is 0.227 e. The van der Waals surface area contributed by atoms with Gasteiger partial charge in [0.1, 0.15) is 30.7 Å². The number of hydrogen-bond donors (Lipinski definition) is 1. The minimum atomic E-state index is -0.395. The molecule has 2 aliphatic heterocycles. The molecule has 4 aromatic carbocycles. The van der Waals surface area contributed by atoms with Crippen LogP contribution >= 0.6 is 39.5 Å². The zero-order valence-electron chi connectivity index (χ0n) is 32.8. The predicted octanol–water partition coefficient (Wildman–Crippen LogP) is 6.32. The van der Waals surface area contributed by atoms with E-state index >= 15 is 0 Å². The normalized spacial score (nSPS) is 12.3. The zero-order chi connectivity index (χ0) is 38.6. The summed E-state index contributed by atoms with van der Waals surface area (Å²) in [4.78, 5) is 30.6. The van der Waals surface area contributed by atoms with Crippen molar-refractivity contribution in [2.24, 2.45) is 0 Å². The first-order chi connectivity index (χ1) is 26.8. The summed E-state index contributed by atoms with van der Waals surface area (Å²) in [6, 6.07) is 36.2. The first kappa shape index (κ1) is 50.5. The molecule has 0 amide bonds. The maximum absolute atomic E-state index is 12.3. The summed E-state index contributed by atoms with van der Waals surface area (Å²) < 4.78 is 16.5. The van der Waals surface area contributed by atoms with Gasteiger partial charge in [-0.05, 0) is 70.2 Å². The van der Waals surface area contributed by atoms with E-state index in [4.69, 9.17) is 18.7 Å². The lowest BCUT2D eigenvalue weighted by Gasteiger charge is -2.14. The summed E-state index contributed by atoms with van der Waals surface area (Å²) >= 11 is 6.86. The molecule has 15 heteroatoms. The zero-order valence-corrected chi connectivity index (χ0v) is 36.0. The molecule has 2 aromatic heterocycles. The molecule has 0 saturated carbocycles. The number of ether oxygens (including phenoxy) is 1. The van der Waals surface area contributed by atoms with E-state index in [0.29, 0.717) is 31.2 Å². The fourth-order valence-electron chi connectivity index (χ4n) is 6.22. The third-order valence-corrected chi connectivity index (χ3v) is 11.3. The van der Waals surface area contributed by atoms with Crippen molar-refractivity contribution in [1.82, 2.24) is 9.80 Å². The monoisotopic (exact) mass is 910 g/mol. The van der Waals surface area contributed by atoms with E-state index in [1.165, 1.54) is 56.0 Å². The van der Waals surface area contributed by atoms with Crippen molar-refractivity contribution in [3.8, 4) is 11.5 Å². The topological polar surface area (TPSA) is 222 Å². The largest absolute Gasteiger partial charge is 0.502 e. The first-order valence-electron chi connectivity index (χ1n) is 17.8. The molecule has 2 aliphatic rings. The Balaban J connectivity index is 0.000000326. The van der Waals surface area contributed by atoms with Gasteiger partial charge in [-0.25, -0.2) is 0 Å². The number of nitrogens with zero attached hydrogens (tertiary/aromatic N) is 2. The van der Waals surface area contributed by atoms with E-state index in [0.717, 1.165) is 43.3 Å². The lowest BCUT2D eigenvalue weighted by atomic mass is 10.1. The average Bonchev–Trinajstić information content (AvgIpc) is 3.83. The van der Waals surface area contributed by atoms with Crippen molar-refractivity contribution >= 4 is 39.5 Å². The van der Waals surface area contributed by atoms with Crippen LogP contribution < -0.4 is 15.6 Å². The highest BCUT2D eigenvalue weighted by Crippen LogP contribution is 2.25. The standard InChI is InChI=1S/C22H21NO3S.C14H13NO3.C8H9BrS.4H2O/c1-27-20-8-6-16(7-9-20)14-26-22-15-25-19(10-21(22)24)13-23-11-17-4-2-3-5-18(17)12-23;16-13-5-12(18-9-14(13)17)8-15-6-10-3-1-2-4-11(10)7-15;1-10-8-4-2-7(6-9)3-5-8;;;;/h2-10,15H,11-14H2,1H3;1-5,9,17H,6-8H2;2-5H,6H2,1H3;4*1H2. The van der Waals surface area contributed by atoms with Crippen molar-refractivity contribution in [2.75, 3.05) is 12.5 Å². The number of thioether (sulfide) groups is 2. The number of benzene rings is 4. The molecule has 0 atom stereocenters. The quantitative estimate of drug-likeness (QED) is 0.119. The molecule has 0 radical (unpaired) electrons. The van der Waals surface area contributed by atoms with Crippen molar-refractivity contribution in [1.29, 1.82) is 0 Å². The molecule has 0 saturated heterocycles. The van der Waals surface area contributed by atoms with Gasteiger partial charge in [0.25, 0.3) is 0 Å². The lowest BCUT2D eigenvalue weighted by molar-refractivity contribution is 0.241. The van der Waals surface area contributed by atoms with E-state index in [9.17, 15) is 9.59 Å². The minimum absolute atomic E-state index is 0. The van der Waals surface area contributed by atoms with Gasteiger partial charge in [0, 0.05) is 53.4 Å². The van der Waals surface area contributed by atoms with Gasteiger partial charge in [0.05, 0.1) is 13.1 Å². The Morgan fingerprint density at radius 3 is 1.41 bits per heavy atom. The Kier molecular flexibility index (Phi) is 21.4. The van der Waals surface area contributed by atoms with Crippen LogP contribution in [-0.4, -0.2) is 49.3 Å². The molecular weight excluding hydrogens is 861 g/mol. The van der Waals surface area contributed by atoms with Gasteiger partial charge in [-0.15, -0.1) is 23.5 Å². The second-order valence-corrected chi connectivity index (χ2v) is 15.4. The molecule has 12 nitrogen and oxygen atoms in total. The maximum atomic E-state index is 12.3. The van der Waals surface area contributed by atoms with Crippen LogP contribution in [0.3, 0.4) is 0 Å². The fourth-order valence-corrected chi connectivity index (χ4v) is 7.41. The molecule has 316 valence electrons. The predicted molar refractivity (Wildman–Crippen MR) is 238 cm³/mol. The van der Waals surface area contributed by atoms with Crippen molar-refractivity contribution < 1.29 is 40.6 Å². The molecule has 0 spiro atoms. The number of fused-ring (bicyclic) bond motifs is 2. The van der Waals surface area contributed by atoms with Crippen LogP contribution in [0.15, 0.2) is 150 Å². The summed E-state index contributed by atoms with van der Waals surface area (Å²) in [6.45, 7) is 5.01. The highest BCUT2D eigenvalue weighted by Gasteiger charge is 2.20. The van der Waals surface area contributed by atoms with E-state index in [1.807, 2.05) is 42.7 Å². The van der Waals surface area contributed by atoms with Gasteiger partial charge >= 0.3 is 0 Å². The third kappa shape index (κ3) is 14.5. The Labute approximate surface area is 360 Å². The highest BCUT2D eigenvalue weighted by molar-refractivity contribution is 9.08. The Bertz CT molecular complexity index is 2220. The smallest absolute Gasteiger partial charge is 0.227 e. The fraction of sp³-hybridized carbons (Fsp3) is 0.227. The summed E-state index contributed by atoms with van der Waals surface area (Å²) in [5.41, 5.74) is 7.13. The molecule has 0 bridgehead atoms. The molecule has 0 fully saturated rings. The number of aromatic hydroxyl groups is 1. The molecule has 6 aromatic rings. The van der Waals surface area contributed by atoms with E-state index < -0.39 is 5.43 Å². The molecule has 0 unspecified atom stereocenters. The van der Waals surface area contributed by atoms with Gasteiger partial charge in [-0.2, -0.15) is 0 Å². The van der Waals surface area contributed by atoms with Gasteiger partial charge in [0.15, 0.2) is 5.75 Å². The van der Waals surface area contributed by atoms with Gasteiger partial charge < -0.3 is 40.6 Å². The van der Waals surface area contributed by atoms with Crippen molar-refractivity contribution in [2.45, 2.75) is 61.0 Å². The van der Waals surface area contributed by atoms with E-state index in [-0.39, 0.29) is 38.8 Å². The molecule has 59 heavy (non-hydrogen) atoms. The second kappa shape index (κ2) is 25.1. The van der Waals surface area contributed by atoms with Crippen LogP contribution in [0.4, 0.5) is 0 Å². The Hall–Kier alpha value is -4.68. The van der Waals surface area contributed by atoms with Gasteiger partial charge in [-0.1, -0.05) is 88.7 Å². The molecule has 4 heterocycles. The minimum Gasteiger partial charge on any atom is -0.502 e. The number of rotatable bonds is 10. The SMILES string of the molecule is CSc1ccc(CBr)cc1.CSc1ccc(COc2coc(CN3Cc4ccccc4C3)cc2=O)cc1.O.O.O.O.O=c1cc(CN2Cc3ccccc3C2)occ1O. The second-order valence-electron chi connectivity index (χ2n) is 13.1. The summed E-state index contributed by atoms with van der Waals surface area (Å²) in [5.74, 6) is 1.14. The van der Waals surface area contributed by atoms with Crippen LogP contribution in [0.25, 0.3) is 0 Å². The van der Waals surface area contributed by atoms with Crippen LogP contribution in [0.2, 0.25) is 0 Å². The van der Waals surface area contributed by atoms with Crippen LogP contribution in [0.5, 0.6) is 11.5 Å². The lowest BCUT2D eigenvalue weighted by Crippen LogP contribution is -2.17. The van der Waals surface area contributed by atoms with Gasteiger partial charge in [0.2, 0.25) is 16.6 Å². The third-order valence-electron chi connectivity index (χ3n) is 9.16. The number of halogens is 1.